The standard InChI is InChI=1S/2FH.Mg.Nb/h2*1H;;/q;;+2;/p-2. The third-order valence-electron chi connectivity index (χ3n) is 0. The monoisotopic (exact) mass is 155 g/mol. The summed E-state index contributed by atoms with van der Waals surface area (Å²) in [6.45, 7) is 0. The summed E-state index contributed by atoms with van der Waals surface area (Å²) in [6.07, 6.45) is 0. The Morgan fingerprint density at radius 2 is 0.750 bits per heavy atom. The average Bonchev–Trinajstić information content (AvgIpc) is 0. The van der Waals surface area contributed by atoms with Crippen LogP contribution in [0.2, 0.25) is 0 Å². The van der Waals surface area contributed by atoms with Gasteiger partial charge in [-0.2, -0.15) is 0 Å². The van der Waals surface area contributed by atoms with Crippen molar-refractivity contribution in [2.75, 3.05) is 0 Å². The molecule has 21 valence electrons. The zero-order valence-electron chi connectivity index (χ0n) is 1.91. The number of hydrogen-bond acceptors (Lipinski definition) is 0. The molecule has 0 N–H and O–H groups in total. The SMILES string of the molecule is [F-].[F-].[Mg+2].[Nb]. The van der Waals surface area contributed by atoms with Gasteiger partial charge < -0.3 is 9.41 Å². The molecule has 4 heavy (non-hydrogen) atoms. The Balaban J connectivity index is 0. The molecule has 0 aromatic carbocycles. The fraction of sp³-hybridized carbons (Fsp3) is 0. The summed E-state index contributed by atoms with van der Waals surface area (Å²) < 4.78 is 0. The molecule has 0 nitrogen and oxygen atoms in total. The van der Waals surface area contributed by atoms with Gasteiger partial charge in [-0.3, -0.25) is 0 Å². The summed E-state index contributed by atoms with van der Waals surface area (Å²) in [4.78, 5) is 0. The van der Waals surface area contributed by atoms with Crippen molar-refractivity contribution in [1.82, 2.24) is 0 Å². The zero-order valence-corrected chi connectivity index (χ0v) is 5.52. The fourth-order valence-corrected chi connectivity index (χ4v) is 0. The van der Waals surface area contributed by atoms with Crippen molar-refractivity contribution < 1.29 is 31.8 Å². The van der Waals surface area contributed by atoms with Crippen LogP contribution in [-0.4, -0.2) is 23.1 Å². The Morgan fingerprint density at radius 3 is 0.750 bits per heavy atom. The average molecular weight is 155 g/mol. The predicted octanol–water partition coefficient (Wildman–Crippen LogP) is -6.38. The van der Waals surface area contributed by atoms with Crippen LogP contribution >= 0.6 is 0 Å². The van der Waals surface area contributed by atoms with Gasteiger partial charge in [0.15, 0.2) is 0 Å². The molecular weight excluding hydrogens is 155 g/mol. The van der Waals surface area contributed by atoms with Gasteiger partial charge in [0.25, 0.3) is 0 Å². The number of rotatable bonds is 0. The minimum absolute atomic E-state index is 0. The quantitative estimate of drug-likeness (QED) is 0.305. The van der Waals surface area contributed by atoms with Crippen molar-refractivity contribution in [3.63, 3.8) is 0 Å². The van der Waals surface area contributed by atoms with Gasteiger partial charge in [-0.05, 0) is 0 Å². The summed E-state index contributed by atoms with van der Waals surface area (Å²) in [7, 11) is 0. The van der Waals surface area contributed by atoms with Gasteiger partial charge in [-0.1, -0.05) is 0 Å². The second-order valence-electron chi connectivity index (χ2n) is 0. The molecule has 0 spiro atoms. The van der Waals surface area contributed by atoms with Crippen LogP contribution in [-0.2, 0) is 22.4 Å². The van der Waals surface area contributed by atoms with Crippen molar-refractivity contribution >= 4 is 23.1 Å². The van der Waals surface area contributed by atoms with Crippen molar-refractivity contribution in [1.29, 1.82) is 0 Å². The zero-order chi connectivity index (χ0) is 0. The maximum atomic E-state index is 0. The van der Waals surface area contributed by atoms with Crippen LogP contribution in [0.1, 0.15) is 0 Å². The van der Waals surface area contributed by atoms with E-state index in [0.29, 0.717) is 0 Å². The van der Waals surface area contributed by atoms with Gasteiger partial charge in [-0.25, -0.2) is 0 Å². The number of hydrogen-bond donors (Lipinski definition) is 0. The third-order valence-corrected chi connectivity index (χ3v) is 0. The molecule has 1 radical (unpaired) electrons. The Kier molecular flexibility index (Phi) is 363. The van der Waals surface area contributed by atoms with E-state index in [1.54, 1.807) is 0 Å². The molecule has 0 aliphatic heterocycles. The Labute approximate surface area is 54.7 Å². The molecule has 0 aliphatic carbocycles. The van der Waals surface area contributed by atoms with Crippen LogP contribution in [0.3, 0.4) is 0 Å². The van der Waals surface area contributed by atoms with Gasteiger partial charge in [0, 0.05) is 22.4 Å². The molecule has 0 unspecified atom stereocenters. The minimum atomic E-state index is 0. The first kappa shape index (κ1) is 54.8. The maximum absolute atomic E-state index is 0. The van der Waals surface area contributed by atoms with E-state index in [9.17, 15) is 0 Å². The van der Waals surface area contributed by atoms with Crippen LogP contribution in [0, 0.1) is 0 Å². The van der Waals surface area contributed by atoms with E-state index in [4.69, 9.17) is 0 Å². The van der Waals surface area contributed by atoms with Gasteiger partial charge in [0.05, 0.1) is 0 Å². The first-order valence-corrected chi connectivity index (χ1v) is 0. The molecule has 0 aromatic heterocycles. The molecule has 0 saturated heterocycles. The molecule has 0 amide bonds. The van der Waals surface area contributed by atoms with E-state index in [2.05, 4.69) is 0 Å². The Morgan fingerprint density at radius 1 is 0.750 bits per heavy atom. The summed E-state index contributed by atoms with van der Waals surface area (Å²) in [5.74, 6) is 0. The van der Waals surface area contributed by atoms with Gasteiger partial charge >= 0.3 is 23.1 Å². The summed E-state index contributed by atoms with van der Waals surface area (Å²) in [5, 5.41) is 0. The van der Waals surface area contributed by atoms with E-state index in [1.165, 1.54) is 0 Å². The molecule has 0 aromatic rings. The van der Waals surface area contributed by atoms with E-state index in [1.807, 2.05) is 0 Å². The first-order valence-electron chi connectivity index (χ1n) is 0. The van der Waals surface area contributed by atoms with Crippen LogP contribution in [0.5, 0.6) is 0 Å². The molecule has 0 fully saturated rings. The summed E-state index contributed by atoms with van der Waals surface area (Å²) in [6, 6.07) is 0. The molecule has 0 aliphatic rings. The second-order valence-corrected chi connectivity index (χ2v) is 0. The molecular formula is F2MgNb. The van der Waals surface area contributed by atoms with Crippen LogP contribution in [0.4, 0.5) is 0 Å². The summed E-state index contributed by atoms with van der Waals surface area (Å²) >= 11 is 0. The Bertz CT molecular complexity index is 6.00. The van der Waals surface area contributed by atoms with Crippen molar-refractivity contribution in [3.05, 3.63) is 0 Å². The molecule has 0 rings (SSSR count). The fourth-order valence-electron chi connectivity index (χ4n) is 0. The van der Waals surface area contributed by atoms with Crippen LogP contribution in [0.15, 0.2) is 0 Å². The molecule has 0 saturated carbocycles. The van der Waals surface area contributed by atoms with Crippen LogP contribution < -0.4 is 9.41 Å². The maximum Gasteiger partial charge on any atom is 2.00 e. The molecule has 0 heterocycles. The van der Waals surface area contributed by atoms with Crippen LogP contribution in [0.25, 0.3) is 0 Å². The second kappa shape index (κ2) is 26.5. The van der Waals surface area contributed by atoms with E-state index in [0.717, 1.165) is 0 Å². The normalized spacial score (nSPS) is 0. The van der Waals surface area contributed by atoms with Gasteiger partial charge in [-0.15, -0.1) is 0 Å². The molecule has 0 atom stereocenters. The molecule has 4 heteroatoms. The minimum Gasteiger partial charge on any atom is -1.00 e. The van der Waals surface area contributed by atoms with E-state index < -0.39 is 0 Å². The van der Waals surface area contributed by atoms with Crippen molar-refractivity contribution in [2.45, 2.75) is 0 Å². The van der Waals surface area contributed by atoms with Crippen molar-refractivity contribution in [2.24, 2.45) is 0 Å². The van der Waals surface area contributed by atoms with E-state index >= 15 is 0 Å². The summed E-state index contributed by atoms with van der Waals surface area (Å²) in [5.41, 5.74) is 0. The van der Waals surface area contributed by atoms with Gasteiger partial charge in [0.1, 0.15) is 0 Å². The van der Waals surface area contributed by atoms with E-state index in [-0.39, 0.29) is 54.8 Å². The third kappa shape index (κ3) is 10.1. The predicted molar refractivity (Wildman–Crippen MR) is 5.75 cm³/mol. The first-order chi connectivity index (χ1) is 0. The number of halogens is 2. The smallest absolute Gasteiger partial charge is 1.00 e. The van der Waals surface area contributed by atoms with Crippen molar-refractivity contribution in [3.8, 4) is 0 Å². The largest absolute Gasteiger partial charge is 2.00 e. The van der Waals surface area contributed by atoms with Gasteiger partial charge in [0.2, 0.25) is 0 Å². The topological polar surface area (TPSA) is 0 Å². The Hall–Kier alpha value is 1.37. The molecule has 0 bridgehead atoms.